The fraction of sp³-hybridized carbons (Fsp3) is 0.414. The zero-order valence-electron chi connectivity index (χ0n) is 21.3. The van der Waals surface area contributed by atoms with Gasteiger partial charge in [0, 0.05) is 48.3 Å². The molecule has 2 bridgehead atoms. The molecule has 2 aromatic heterocycles. The lowest BCUT2D eigenvalue weighted by Gasteiger charge is -2.42. The third-order valence-electron chi connectivity index (χ3n) is 7.54. The Kier molecular flexibility index (Phi) is 6.33. The number of pyridine rings is 1. The molecule has 1 aromatic carbocycles. The first-order valence-electron chi connectivity index (χ1n) is 12.5. The standard InChI is InChI=1S/C29H32N2O5/c1-17(2)10-11-35-25-9-8-22-18(3)23(29(34)36-28(22)19(25)4)13-27(33)30-14-20-12-21(16-30)24-6-5-7-26(32)31(24)15-20/h5-10,20-21H,11-16H2,1-4H3/t20-,21+/m1/s1. The molecule has 3 aromatic rings. The molecular formula is C29H32N2O5. The average Bonchev–Trinajstić information content (AvgIpc) is 2.84. The topological polar surface area (TPSA) is 81.8 Å². The van der Waals surface area contributed by atoms with Crippen LogP contribution < -0.4 is 15.9 Å². The highest BCUT2D eigenvalue weighted by Crippen LogP contribution is 2.35. The van der Waals surface area contributed by atoms with Crippen molar-refractivity contribution in [1.82, 2.24) is 9.47 Å². The van der Waals surface area contributed by atoms with Crippen molar-refractivity contribution in [3.63, 3.8) is 0 Å². The summed E-state index contributed by atoms with van der Waals surface area (Å²) < 4.78 is 13.4. The number of carbonyl (C=O) groups excluding carboxylic acids is 1. The van der Waals surface area contributed by atoms with Gasteiger partial charge in [-0.05, 0) is 69.9 Å². The van der Waals surface area contributed by atoms with Crippen LogP contribution in [0.15, 0.2) is 56.0 Å². The Morgan fingerprint density at radius 1 is 1.08 bits per heavy atom. The smallest absolute Gasteiger partial charge is 0.340 e. The number of allylic oxidation sites excluding steroid dienone is 1. The van der Waals surface area contributed by atoms with E-state index < -0.39 is 5.63 Å². The third-order valence-corrected chi connectivity index (χ3v) is 7.54. The van der Waals surface area contributed by atoms with Gasteiger partial charge in [0.15, 0.2) is 0 Å². The van der Waals surface area contributed by atoms with Crippen LogP contribution in [0.5, 0.6) is 5.75 Å². The van der Waals surface area contributed by atoms with E-state index in [0.29, 0.717) is 43.1 Å². The number of nitrogens with zero attached hydrogens (tertiary/aromatic N) is 2. The monoisotopic (exact) mass is 488 g/mol. The molecule has 2 aliphatic rings. The van der Waals surface area contributed by atoms with E-state index in [1.807, 2.05) is 61.4 Å². The number of ether oxygens (including phenoxy) is 1. The Hall–Kier alpha value is -3.61. The molecule has 5 rings (SSSR count). The maximum absolute atomic E-state index is 13.4. The van der Waals surface area contributed by atoms with E-state index in [4.69, 9.17) is 9.15 Å². The zero-order chi connectivity index (χ0) is 25.6. The lowest BCUT2D eigenvalue weighted by Crippen LogP contribution is -2.49. The van der Waals surface area contributed by atoms with E-state index in [9.17, 15) is 14.4 Å². The molecule has 7 nitrogen and oxygen atoms in total. The summed E-state index contributed by atoms with van der Waals surface area (Å²) >= 11 is 0. The molecule has 2 aliphatic heterocycles. The Labute approximate surface area is 210 Å². The second-order valence-electron chi connectivity index (χ2n) is 10.3. The van der Waals surface area contributed by atoms with Crippen LogP contribution in [0, 0.1) is 19.8 Å². The first kappa shape index (κ1) is 24.1. The lowest BCUT2D eigenvalue weighted by atomic mass is 9.83. The molecule has 188 valence electrons. The van der Waals surface area contributed by atoms with E-state index in [1.165, 1.54) is 5.57 Å². The summed E-state index contributed by atoms with van der Waals surface area (Å²) in [4.78, 5) is 40.5. The van der Waals surface area contributed by atoms with Crippen LogP contribution >= 0.6 is 0 Å². The third kappa shape index (κ3) is 4.38. The minimum atomic E-state index is -0.480. The Bertz CT molecular complexity index is 1490. The van der Waals surface area contributed by atoms with Crippen LogP contribution in [0.1, 0.15) is 48.6 Å². The molecule has 1 saturated heterocycles. The fourth-order valence-electron chi connectivity index (χ4n) is 5.59. The summed E-state index contributed by atoms with van der Waals surface area (Å²) in [7, 11) is 0. The Morgan fingerprint density at radius 3 is 2.67 bits per heavy atom. The van der Waals surface area contributed by atoms with Crippen molar-refractivity contribution in [3.8, 4) is 5.75 Å². The van der Waals surface area contributed by atoms with Crippen LogP contribution in [0.25, 0.3) is 11.0 Å². The number of amides is 1. The van der Waals surface area contributed by atoms with E-state index in [-0.39, 0.29) is 29.7 Å². The van der Waals surface area contributed by atoms with Crippen LogP contribution in [0.4, 0.5) is 0 Å². The molecule has 1 fully saturated rings. The van der Waals surface area contributed by atoms with Gasteiger partial charge in [0.2, 0.25) is 5.91 Å². The second-order valence-corrected chi connectivity index (χ2v) is 10.3. The van der Waals surface area contributed by atoms with E-state index in [1.54, 1.807) is 12.1 Å². The molecule has 36 heavy (non-hydrogen) atoms. The first-order valence-corrected chi connectivity index (χ1v) is 12.5. The molecule has 0 unspecified atom stereocenters. The van der Waals surface area contributed by atoms with Crippen molar-refractivity contribution in [2.45, 2.75) is 53.0 Å². The van der Waals surface area contributed by atoms with Crippen molar-refractivity contribution in [1.29, 1.82) is 0 Å². The quantitative estimate of drug-likeness (QED) is 0.399. The summed E-state index contributed by atoms with van der Waals surface area (Å²) in [5.74, 6) is 0.967. The minimum absolute atomic E-state index is 0.00299. The maximum Gasteiger partial charge on any atom is 0.340 e. The van der Waals surface area contributed by atoms with Gasteiger partial charge < -0.3 is 18.6 Å². The van der Waals surface area contributed by atoms with Crippen molar-refractivity contribution in [2.24, 2.45) is 5.92 Å². The number of likely N-dealkylation sites (tertiary alicyclic amines) is 1. The molecule has 0 aliphatic carbocycles. The summed E-state index contributed by atoms with van der Waals surface area (Å²) in [5, 5.41) is 0.813. The molecule has 0 N–H and O–H groups in total. The number of rotatable bonds is 5. The molecule has 0 spiro atoms. The first-order chi connectivity index (χ1) is 17.2. The van der Waals surface area contributed by atoms with Gasteiger partial charge in [-0.2, -0.15) is 0 Å². The number of benzene rings is 1. The second kappa shape index (κ2) is 9.45. The highest BCUT2D eigenvalue weighted by molar-refractivity contribution is 5.87. The van der Waals surface area contributed by atoms with E-state index in [0.717, 1.165) is 28.6 Å². The average molecular weight is 489 g/mol. The predicted octanol–water partition coefficient (Wildman–Crippen LogP) is 4.10. The summed E-state index contributed by atoms with van der Waals surface area (Å²) in [6.07, 6.45) is 2.97. The van der Waals surface area contributed by atoms with E-state index >= 15 is 0 Å². The molecule has 0 saturated carbocycles. The van der Waals surface area contributed by atoms with Gasteiger partial charge >= 0.3 is 5.63 Å². The predicted molar refractivity (Wildman–Crippen MR) is 139 cm³/mol. The normalized spacial score (nSPS) is 18.6. The highest BCUT2D eigenvalue weighted by Gasteiger charge is 2.36. The van der Waals surface area contributed by atoms with Gasteiger partial charge in [0.25, 0.3) is 5.56 Å². The number of piperidine rings is 1. The lowest BCUT2D eigenvalue weighted by molar-refractivity contribution is -0.133. The number of fused-ring (bicyclic) bond motifs is 5. The van der Waals surface area contributed by atoms with Crippen molar-refractivity contribution < 1.29 is 13.9 Å². The van der Waals surface area contributed by atoms with Crippen LogP contribution in [-0.2, 0) is 17.8 Å². The van der Waals surface area contributed by atoms with Crippen molar-refractivity contribution in [2.75, 3.05) is 19.7 Å². The van der Waals surface area contributed by atoms with Crippen LogP contribution in [0.2, 0.25) is 0 Å². The molecule has 7 heteroatoms. The molecule has 1 amide bonds. The van der Waals surface area contributed by atoms with Gasteiger partial charge in [0.05, 0.1) is 12.0 Å². The fourth-order valence-corrected chi connectivity index (χ4v) is 5.59. The number of hydrogen-bond acceptors (Lipinski definition) is 5. The number of carbonyl (C=O) groups is 1. The van der Waals surface area contributed by atoms with Crippen molar-refractivity contribution >= 4 is 16.9 Å². The molecule has 4 heterocycles. The highest BCUT2D eigenvalue weighted by atomic mass is 16.5. The Morgan fingerprint density at radius 2 is 1.89 bits per heavy atom. The van der Waals surface area contributed by atoms with Gasteiger partial charge in [-0.3, -0.25) is 9.59 Å². The summed E-state index contributed by atoms with van der Waals surface area (Å²) in [5.41, 5.74) is 4.14. The summed E-state index contributed by atoms with van der Waals surface area (Å²) in [6.45, 7) is 10.0. The van der Waals surface area contributed by atoms with E-state index in [2.05, 4.69) is 0 Å². The largest absolute Gasteiger partial charge is 0.489 e. The minimum Gasteiger partial charge on any atom is -0.489 e. The molecular weight excluding hydrogens is 456 g/mol. The number of aryl methyl sites for hydroxylation is 2. The summed E-state index contributed by atoms with van der Waals surface area (Å²) in [6, 6.07) is 9.15. The van der Waals surface area contributed by atoms with Crippen LogP contribution in [0.3, 0.4) is 0 Å². The SMILES string of the molecule is CC(C)=CCOc1ccc2c(C)c(CC(=O)N3C[C@H]4C[C@@H](C3)c3cccc(=O)n3C4)c(=O)oc2c1C. The number of aromatic nitrogens is 1. The van der Waals surface area contributed by atoms with Gasteiger partial charge in [0.1, 0.15) is 17.9 Å². The van der Waals surface area contributed by atoms with Gasteiger partial charge in [-0.15, -0.1) is 0 Å². The Balaban J connectivity index is 1.39. The zero-order valence-corrected chi connectivity index (χ0v) is 21.3. The van der Waals surface area contributed by atoms with Gasteiger partial charge in [-0.25, -0.2) is 4.79 Å². The molecule has 0 radical (unpaired) electrons. The number of hydrogen-bond donors (Lipinski definition) is 0. The maximum atomic E-state index is 13.4. The van der Waals surface area contributed by atoms with Crippen LogP contribution in [-0.4, -0.2) is 35.1 Å². The molecule has 2 atom stereocenters. The van der Waals surface area contributed by atoms with Crippen molar-refractivity contribution in [3.05, 3.63) is 85.1 Å². The van der Waals surface area contributed by atoms with Gasteiger partial charge in [-0.1, -0.05) is 11.6 Å².